The van der Waals surface area contributed by atoms with Gasteiger partial charge in [0.15, 0.2) is 0 Å². The summed E-state index contributed by atoms with van der Waals surface area (Å²) >= 11 is 0. The maximum atomic E-state index is 14.1. The van der Waals surface area contributed by atoms with Gasteiger partial charge in [-0.05, 0) is 60.2 Å². The van der Waals surface area contributed by atoms with E-state index in [1.54, 1.807) is 25.6 Å². The van der Waals surface area contributed by atoms with Gasteiger partial charge >= 0.3 is 0 Å². The lowest BCUT2D eigenvalue weighted by atomic mass is 9.73. The molecule has 2 aromatic carbocycles. The molecule has 5 nitrogen and oxygen atoms in total. The first kappa shape index (κ1) is 22.0. The number of benzene rings is 2. The maximum Gasteiger partial charge on any atom is 0.226 e. The lowest BCUT2D eigenvalue weighted by Crippen LogP contribution is -2.46. The summed E-state index contributed by atoms with van der Waals surface area (Å²) < 4.78 is 25.2. The second kappa shape index (κ2) is 9.92. The number of rotatable bonds is 7. The zero-order valence-corrected chi connectivity index (χ0v) is 18.1. The second-order valence-corrected chi connectivity index (χ2v) is 8.12. The molecule has 0 radical (unpaired) electrons. The minimum Gasteiger partial charge on any atom is -0.496 e. The van der Waals surface area contributed by atoms with Crippen molar-refractivity contribution in [3.05, 3.63) is 83.9 Å². The Balaban J connectivity index is 1.64. The van der Waals surface area contributed by atoms with E-state index in [9.17, 15) is 9.18 Å². The SMILES string of the molecule is COc1ccc(F)cc1-c1ccccc1CC1(C(=O)NCc2cccnc2)CCOCC1. The first-order valence-electron chi connectivity index (χ1n) is 10.8. The topological polar surface area (TPSA) is 60.5 Å². The Morgan fingerprint density at radius 2 is 1.94 bits per heavy atom. The number of methoxy groups -OCH3 is 1. The Morgan fingerprint density at radius 1 is 1.12 bits per heavy atom. The Morgan fingerprint density at radius 3 is 2.69 bits per heavy atom. The lowest BCUT2D eigenvalue weighted by Gasteiger charge is -2.36. The number of pyridine rings is 1. The first-order chi connectivity index (χ1) is 15.6. The minimum absolute atomic E-state index is 0.00524. The van der Waals surface area contributed by atoms with Gasteiger partial charge in [0.1, 0.15) is 11.6 Å². The van der Waals surface area contributed by atoms with Crippen LogP contribution in [0, 0.1) is 11.2 Å². The van der Waals surface area contributed by atoms with Crippen LogP contribution in [0.5, 0.6) is 5.75 Å². The zero-order chi connectivity index (χ0) is 22.4. The quantitative estimate of drug-likeness (QED) is 0.593. The summed E-state index contributed by atoms with van der Waals surface area (Å²) in [5.74, 6) is 0.275. The third-order valence-electron chi connectivity index (χ3n) is 6.11. The van der Waals surface area contributed by atoms with Crippen molar-refractivity contribution in [2.45, 2.75) is 25.8 Å². The van der Waals surface area contributed by atoms with Gasteiger partial charge in [0.25, 0.3) is 0 Å². The zero-order valence-electron chi connectivity index (χ0n) is 18.1. The Kier molecular flexibility index (Phi) is 6.81. The van der Waals surface area contributed by atoms with Gasteiger partial charge in [0.05, 0.1) is 12.5 Å². The van der Waals surface area contributed by atoms with Crippen LogP contribution in [0.15, 0.2) is 67.0 Å². The molecule has 0 aliphatic carbocycles. The average Bonchev–Trinajstić information content (AvgIpc) is 2.84. The number of hydrogen-bond donors (Lipinski definition) is 1. The second-order valence-electron chi connectivity index (χ2n) is 8.12. The van der Waals surface area contributed by atoms with Gasteiger partial charge in [-0.2, -0.15) is 0 Å². The standard InChI is InChI=1S/C26H27FN2O3/c1-31-24-9-8-21(27)15-23(24)22-7-3-2-6-20(22)16-26(10-13-32-14-11-26)25(30)29-18-19-5-4-12-28-17-19/h2-9,12,15,17H,10-11,13-14,16,18H2,1H3,(H,29,30). The third-order valence-corrected chi connectivity index (χ3v) is 6.11. The highest BCUT2D eigenvalue weighted by Crippen LogP contribution is 2.40. The van der Waals surface area contributed by atoms with Crippen molar-refractivity contribution in [1.82, 2.24) is 10.3 Å². The maximum absolute atomic E-state index is 14.1. The first-order valence-corrected chi connectivity index (χ1v) is 10.8. The molecule has 1 aliphatic heterocycles. The van der Waals surface area contributed by atoms with Crippen LogP contribution < -0.4 is 10.1 Å². The predicted molar refractivity (Wildman–Crippen MR) is 121 cm³/mol. The van der Waals surface area contributed by atoms with Crippen LogP contribution in [-0.4, -0.2) is 31.2 Å². The Bertz CT molecular complexity index is 1070. The number of amides is 1. The largest absolute Gasteiger partial charge is 0.496 e. The molecule has 4 rings (SSSR count). The highest BCUT2D eigenvalue weighted by Gasteiger charge is 2.40. The highest BCUT2D eigenvalue weighted by atomic mass is 19.1. The summed E-state index contributed by atoms with van der Waals surface area (Å²) in [4.78, 5) is 17.6. The number of ether oxygens (including phenoxy) is 2. The summed E-state index contributed by atoms with van der Waals surface area (Å²) in [6.07, 6.45) is 5.25. The molecule has 166 valence electrons. The van der Waals surface area contributed by atoms with E-state index >= 15 is 0 Å². The summed E-state index contributed by atoms with van der Waals surface area (Å²) in [7, 11) is 1.57. The van der Waals surface area contributed by atoms with Gasteiger partial charge in [-0.3, -0.25) is 9.78 Å². The van der Waals surface area contributed by atoms with E-state index < -0.39 is 5.41 Å². The van der Waals surface area contributed by atoms with Crippen LogP contribution in [0.3, 0.4) is 0 Å². The third kappa shape index (κ3) is 4.81. The molecule has 3 aromatic rings. The van der Waals surface area contributed by atoms with Gasteiger partial charge in [-0.1, -0.05) is 30.3 Å². The van der Waals surface area contributed by atoms with Gasteiger partial charge in [0.2, 0.25) is 5.91 Å². The minimum atomic E-state index is -0.600. The monoisotopic (exact) mass is 434 g/mol. The van der Waals surface area contributed by atoms with Crippen LogP contribution in [0.25, 0.3) is 11.1 Å². The van der Waals surface area contributed by atoms with E-state index in [0.29, 0.717) is 50.3 Å². The van der Waals surface area contributed by atoms with Crippen molar-refractivity contribution < 1.29 is 18.7 Å². The van der Waals surface area contributed by atoms with E-state index in [2.05, 4.69) is 10.3 Å². The van der Waals surface area contributed by atoms with Gasteiger partial charge in [-0.25, -0.2) is 4.39 Å². The molecule has 1 aliphatic rings. The van der Waals surface area contributed by atoms with Crippen LogP contribution >= 0.6 is 0 Å². The Labute approximate surface area is 187 Å². The fourth-order valence-corrected chi connectivity index (χ4v) is 4.31. The summed E-state index contributed by atoms with van der Waals surface area (Å²) in [6.45, 7) is 1.49. The van der Waals surface area contributed by atoms with E-state index in [1.165, 1.54) is 12.1 Å². The van der Waals surface area contributed by atoms with Crippen molar-refractivity contribution in [2.24, 2.45) is 5.41 Å². The van der Waals surface area contributed by atoms with Crippen molar-refractivity contribution >= 4 is 5.91 Å². The number of carbonyl (C=O) groups is 1. The summed E-state index contributed by atoms with van der Waals surface area (Å²) in [6, 6.07) is 16.1. The molecule has 0 saturated carbocycles. The molecule has 32 heavy (non-hydrogen) atoms. The molecule has 1 aromatic heterocycles. The fraction of sp³-hybridized carbons (Fsp3) is 0.308. The van der Waals surface area contributed by atoms with Crippen molar-refractivity contribution in [3.8, 4) is 16.9 Å². The number of carbonyl (C=O) groups excluding carboxylic acids is 1. The molecule has 2 heterocycles. The number of aromatic nitrogens is 1. The van der Waals surface area contributed by atoms with Gasteiger partial charge in [-0.15, -0.1) is 0 Å². The smallest absolute Gasteiger partial charge is 0.226 e. The van der Waals surface area contributed by atoms with Gasteiger partial charge in [0, 0.05) is 37.7 Å². The molecule has 1 fully saturated rings. The lowest BCUT2D eigenvalue weighted by molar-refractivity contribution is -0.136. The van der Waals surface area contributed by atoms with E-state index in [4.69, 9.17) is 9.47 Å². The number of nitrogens with zero attached hydrogens (tertiary/aromatic N) is 1. The van der Waals surface area contributed by atoms with E-state index in [1.807, 2.05) is 36.4 Å². The molecular formula is C26H27FN2O3. The highest BCUT2D eigenvalue weighted by molar-refractivity contribution is 5.84. The van der Waals surface area contributed by atoms with Gasteiger partial charge < -0.3 is 14.8 Å². The molecule has 1 saturated heterocycles. The van der Waals surface area contributed by atoms with E-state index in [-0.39, 0.29) is 11.7 Å². The van der Waals surface area contributed by atoms with Crippen LogP contribution in [0.1, 0.15) is 24.0 Å². The summed E-state index contributed by atoms with van der Waals surface area (Å²) in [5.41, 5.74) is 2.88. The number of halogens is 1. The number of hydrogen-bond acceptors (Lipinski definition) is 4. The predicted octanol–water partition coefficient (Wildman–Crippen LogP) is 4.55. The average molecular weight is 435 g/mol. The van der Waals surface area contributed by atoms with Crippen molar-refractivity contribution in [3.63, 3.8) is 0 Å². The number of nitrogens with one attached hydrogen (secondary N) is 1. The fourth-order valence-electron chi connectivity index (χ4n) is 4.31. The molecule has 0 bridgehead atoms. The molecule has 1 N–H and O–H groups in total. The molecule has 0 unspecified atom stereocenters. The molecule has 0 atom stereocenters. The normalized spacial score (nSPS) is 15.2. The molecule has 6 heteroatoms. The molecule has 1 amide bonds. The molecule has 0 spiro atoms. The van der Waals surface area contributed by atoms with Crippen LogP contribution in [0.2, 0.25) is 0 Å². The van der Waals surface area contributed by atoms with Crippen molar-refractivity contribution in [1.29, 1.82) is 0 Å². The van der Waals surface area contributed by atoms with Crippen LogP contribution in [0.4, 0.5) is 4.39 Å². The van der Waals surface area contributed by atoms with Crippen LogP contribution in [-0.2, 0) is 22.5 Å². The van der Waals surface area contributed by atoms with E-state index in [0.717, 1.165) is 16.7 Å². The molecular weight excluding hydrogens is 407 g/mol. The van der Waals surface area contributed by atoms with Crippen molar-refractivity contribution in [2.75, 3.05) is 20.3 Å². The summed E-state index contributed by atoms with van der Waals surface area (Å²) in [5, 5.41) is 3.10. The Hall–Kier alpha value is -3.25.